The van der Waals surface area contributed by atoms with E-state index in [4.69, 9.17) is 5.73 Å². The number of hydrogen-bond donors (Lipinski definition) is 1. The predicted octanol–water partition coefficient (Wildman–Crippen LogP) is 2.31. The maximum Gasteiger partial charge on any atom is 0.0103 e. The van der Waals surface area contributed by atoms with Crippen LogP contribution < -0.4 is 5.73 Å². The third-order valence-electron chi connectivity index (χ3n) is 2.68. The van der Waals surface area contributed by atoms with Gasteiger partial charge in [-0.3, -0.25) is 0 Å². The minimum absolute atomic E-state index is 0.399. The first-order chi connectivity index (χ1) is 5.83. The summed E-state index contributed by atoms with van der Waals surface area (Å²) in [6, 6.07) is 0.399. The highest BCUT2D eigenvalue weighted by atomic mass is 14.6. The molecule has 0 saturated heterocycles. The lowest BCUT2D eigenvalue weighted by atomic mass is 9.80. The molecule has 12 heavy (non-hydrogen) atoms. The standard InChI is InChI=1S/C11H19N/c1-2-3-4-8-11(12)9-10-6-5-7-10/h10-11H,4-9,12H2,1H3. The molecule has 0 spiro atoms. The number of rotatable bonds is 4. The van der Waals surface area contributed by atoms with Gasteiger partial charge in [-0.25, -0.2) is 0 Å². The van der Waals surface area contributed by atoms with Crippen LogP contribution in [0.25, 0.3) is 0 Å². The highest BCUT2D eigenvalue weighted by molar-refractivity contribution is 4.95. The second-order valence-electron chi connectivity index (χ2n) is 3.76. The van der Waals surface area contributed by atoms with Gasteiger partial charge in [0.15, 0.2) is 0 Å². The average Bonchev–Trinajstić information content (AvgIpc) is 1.98. The summed E-state index contributed by atoms with van der Waals surface area (Å²) in [5.41, 5.74) is 5.96. The predicted molar refractivity (Wildman–Crippen MR) is 52.6 cm³/mol. The SMILES string of the molecule is CC#CCCC(N)CC1CCC1. The Morgan fingerprint density at radius 2 is 2.25 bits per heavy atom. The van der Waals surface area contributed by atoms with E-state index in [0.717, 1.165) is 18.8 Å². The van der Waals surface area contributed by atoms with Crippen molar-refractivity contribution >= 4 is 0 Å². The summed E-state index contributed by atoms with van der Waals surface area (Å²) < 4.78 is 0. The zero-order valence-corrected chi connectivity index (χ0v) is 7.97. The van der Waals surface area contributed by atoms with Gasteiger partial charge in [0.05, 0.1) is 0 Å². The van der Waals surface area contributed by atoms with Crippen molar-refractivity contribution in [2.75, 3.05) is 0 Å². The van der Waals surface area contributed by atoms with Crippen LogP contribution in [0.4, 0.5) is 0 Å². The van der Waals surface area contributed by atoms with Gasteiger partial charge in [-0.1, -0.05) is 19.3 Å². The van der Waals surface area contributed by atoms with Crippen LogP contribution in [0.1, 0.15) is 45.4 Å². The summed E-state index contributed by atoms with van der Waals surface area (Å²) in [5, 5.41) is 0. The van der Waals surface area contributed by atoms with Crippen molar-refractivity contribution in [3.8, 4) is 11.8 Å². The van der Waals surface area contributed by atoms with Crippen molar-refractivity contribution in [1.82, 2.24) is 0 Å². The summed E-state index contributed by atoms with van der Waals surface area (Å²) in [5.74, 6) is 6.90. The lowest BCUT2D eigenvalue weighted by molar-refractivity contribution is 0.272. The van der Waals surface area contributed by atoms with Crippen LogP contribution in [0, 0.1) is 17.8 Å². The summed E-state index contributed by atoms with van der Waals surface area (Å²) in [6.45, 7) is 1.89. The third kappa shape index (κ3) is 3.28. The molecule has 0 amide bonds. The van der Waals surface area contributed by atoms with Gasteiger partial charge >= 0.3 is 0 Å². The lowest BCUT2D eigenvalue weighted by Crippen LogP contribution is -2.26. The molecule has 0 bridgehead atoms. The maximum absolute atomic E-state index is 5.96. The van der Waals surface area contributed by atoms with Gasteiger partial charge in [0.25, 0.3) is 0 Å². The Morgan fingerprint density at radius 3 is 2.75 bits per heavy atom. The molecule has 1 heteroatoms. The molecule has 0 heterocycles. The minimum atomic E-state index is 0.399. The van der Waals surface area contributed by atoms with Crippen LogP contribution in [0.2, 0.25) is 0 Å². The number of nitrogens with two attached hydrogens (primary N) is 1. The zero-order valence-electron chi connectivity index (χ0n) is 7.97. The van der Waals surface area contributed by atoms with E-state index in [2.05, 4.69) is 11.8 Å². The molecule has 1 aliphatic rings. The van der Waals surface area contributed by atoms with Gasteiger partial charge in [0.1, 0.15) is 0 Å². The quantitative estimate of drug-likeness (QED) is 0.636. The second-order valence-corrected chi connectivity index (χ2v) is 3.76. The van der Waals surface area contributed by atoms with E-state index in [1.54, 1.807) is 0 Å². The Bertz CT molecular complexity index is 171. The monoisotopic (exact) mass is 165 g/mol. The van der Waals surface area contributed by atoms with Crippen molar-refractivity contribution in [3.05, 3.63) is 0 Å². The molecule has 0 aliphatic heterocycles. The number of hydrogen-bond acceptors (Lipinski definition) is 1. The third-order valence-corrected chi connectivity index (χ3v) is 2.68. The van der Waals surface area contributed by atoms with E-state index >= 15 is 0 Å². The smallest absolute Gasteiger partial charge is 0.0103 e. The first-order valence-corrected chi connectivity index (χ1v) is 4.98. The Labute approximate surface area is 75.7 Å². The van der Waals surface area contributed by atoms with Gasteiger partial charge in [-0.15, -0.1) is 11.8 Å². The van der Waals surface area contributed by atoms with Crippen LogP contribution in [0.5, 0.6) is 0 Å². The van der Waals surface area contributed by atoms with Crippen LogP contribution in [0.15, 0.2) is 0 Å². The van der Waals surface area contributed by atoms with E-state index in [1.807, 2.05) is 6.92 Å². The van der Waals surface area contributed by atoms with Gasteiger partial charge in [-0.05, 0) is 25.7 Å². The van der Waals surface area contributed by atoms with Crippen LogP contribution in [0.3, 0.4) is 0 Å². The topological polar surface area (TPSA) is 26.0 Å². The van der Waals surface area contributed by atoms with E-state index in [0.29, 0.717) is 6.04 Å². The molecule has 1 atom stereocenters. The van der Waals surface area contributed by atoms with Gasteiger partial charge in [0, 0.05) is 12.5 Å². The first kappa shape index (κ1) is 9.61. The van der Waals surface area contributed by atoms with Crippen molar-refractivity contribution in [3.63, 3.8) is 0 Å². The van der Waals surface area contributed by atoms with E-state index in [9.17, 15) is 0 Å². The van der Waals surface area contributed by atoms with Crippen molar-refractivity contribution in [2.45, 2.75) is 51.5 Å². The molecule has 1 aliphatic carbocycles. The Morgan fingerprint density at radius 1 is 1.50 bits per heavy atom. The fraction of sp³-hybridized carbons (Fsp3) is 0.818. The molecule has 1 saturated carbocycles. The van der Waals surface area contributed by atoms with E-state index in [-0.39, 0.29) is 0 Å². The fourth-order valence-electron chi connectivity index (χ4n) is 1.66. The summed E-state index contributed by atoms with van der Waals surface area (Å²) in [4.78, 5) is 0. The van der Waals surface area contributed by atoms with Crippen molar-refractivity contribution in [2.24, 2.45) is 11.7 Å². The molecule has 1 fully saturated rings. The van der Waals surface area contributed by atoms with Gasteiger partial charge in [0.2, 0.25) is 0 Å². The molecule has 0 aromatic heterocycles. The zero-order chi connectivity index (χ0) is 8.81. The normalized spacial score (nSPS) is 19.2. The van der Waals surface area contributed by atoms with E-state index in [1.165, 1.54) is 25.7 Å². The summed E-state index contributed by atoms with van der Waals surface area (Å²) in [6.07, 6.45) is 7.53. The molecule has 0 aromatic rings. The molecule has 1 nitrogen and oxygen atoms in total. The fourth-order valence-corrected chi connectivity index (χ4v) is 1.66. The molecule has 1 unspecified atom stereocenters. The van der Waals surface area contributed by atoms with Gasteiger partial charge < -0.3 is 5.73 Å². The Kier molecular flexibility index (Phi) is 4.18. The van der Waals surface area contributed by atoms with Crippen LogP contribution in [-0.4, -0.2) is 6.04 Å². The lowest BCUT2D eigenvalue weighted by Gasteiger charge is -2.27. The molecule has 0 aromatic carbocycles. The maximum atomic E-state index is 5.96. The summed E-state index contributed by atoms with van der Waals surface area (Å²) >= 11 is 0. The Balaban J connectivity index is 2.01. The molecule has 68 valence electrons. The van der Waals surface area contributed by atoms with Crippen molar-refractivity contribution in [1.29, 1.82) is 0 Å². The van der Waals surface area contributed by atoms with Crippen molar-refractivity contribution < 1.29 is 0 Å². The largest absolute Gasteiger partial charge is 0.328 e. The molecule has 2 N–H and O–H groups in total. The molecule has 1 rings (SSSR count). The Hall–Kier alpha value is -0.480. The minimum Gasteiger partial charge on any atom is -0.328 e. The second kappa shape index (κ2) is 5.22. The highest BCUT2D eigenvalue weighted by Crippen LogP contribution is 2.30. The van der Waals surface area contributed by atoms with Crippen LogP contribution >= 0.6 is 0 Å². The van der Waals surface area contributed by atoms with E-state index < -0.39 is 0 Å². The summed E-state index contributed by atoms with van der Waals surface area (Å²) in [7, 11) is 0. The average molecular weight is 165 g/mol. The van der Waals surface area contributed by atoms with Crippen LogP contribution in [-0.2, 0) is 0 Å². The molecule has 0 radical (unpaired) electrons. The van der Waals surface area contributed by atoms with Gasteiger partial charge in [-0.2, -0.15) is 0 Å². The highest BCUT2D eigenvalue weighted by Gasteiger charge is 2.19. The molecular formula is C11H19N. The molecular weight excluding hydrogens is 146 g/mol. The first-order valence-electron chi connectivity index (χ1n) is 4.98.